The van der Waals surface area contributed by atoms with Gasteiger partial charge in [0.2, 0.25) is 0 Å². The minimum Gasteiger partial charge on any atom is -0.480 e. The quantitative estimate of drug-likeness (QED) is 0.508. The van der Waals surface area contributed by atoms with E-state index in [1.807, 2.05) is 13.0 Å². The normalized spacial score (nSPS) is 10.7. The molecule has 0 bridgehead atoms. The van der Waals surface area contributed by atoms with Gasteiger partial charge in [0, 0.05) is 5.69 Å². The van der Waals surface area contributed by atoms with E-state index in [2.05, 4.69) is 36.0 Å². The fourth-order valence-electron chi connectivity index (χ4n) is 2.09. The molecule has 0 amide bonds. The lowest BCUT2D eigenvalue weighted by molar-refractivity contribution is -0.141. The molecule has 0 fully saturated rings. The molecule has 0 radical (unpaired) electrons. The molecule has 4 N–H and O–H groups in total. The van der Waals surface area contributed by atoms with Crippen LogP contribution in [0, 0.1) is 25.2 Å². The van der Waals surface area contributed by atoms with Crippen molar-refractivity contribution < 1.29 is 19.4 Å². The van der Waals surface area contributed by atoms with Crippen molar-refractivity contribution in [1.82, 2.24) is 0 Å². The number of carbonyl (C=O) groups is 2. The third-order valence-electron chi connectivity index (χ3n) is 3.32. The Morgan fingerprint density at radius 2 is 2.04 bits per heavy atom. The first-order valence-corrected chi connectivity index (χ1v) is 8.08. The third kappa shape index (κ3) is 8.72. The highest BCUT2D eigenvalue weighted by Crippen LogP contribution is 2.24. The van der Waals surface area contributed by atoms with Crippen LogP contribution in [0.3, 0.4) is 0 Å². The van der Waals surface area contributed by atoms with Gasteiger partial charge in [0.05, 0.1) is 19.0 Å². The molecule has 7 nitrogen and oxygen atoms in total. The monoisotopic (exact) mass is 349 g/mol. The molecule has 1 atom stereocenters. The zero-order valence-electron chi connectivity index (χ0n) is 15.3. The molecule has 0 aliphatic rings. The van der Waals surface area contributed by atoms with E-state index in [0.29, 0.717) is 0 Å². The van der Waals surface area contributed by atoms with Gasteiger partial charge in [0.25, 0.3) is 0 Å². The van der Waals surface area contributed by atoms with Crippen molar-refractivity contribution >= 4 is 17.6 Å². The number of nitrogens with two attached hydrogens (primary N) is 1. The maximum atomic E-state index is 10.8. The standard InChI is InChI=1S/C13H19NO2.C5H8N2O2/c1-5-11-7-8(2)6-9(3)12(11)14-10(4)13(15)16;6-2-1-3-9-5(8)4-7/h6-7,10,14H,5H2,1-4H3,(H,15,16);1,3-4,7H2/t10-;/m0./s1. The smallest absolute Gasteiger partial charge is 0.325 e. The Hall–Kier alpha value is -2.59. The SMILES string of the molecule is CCc1cc(C)cc(C)c1N[C@@H](C)C(=O)O.N#CCCOC(=O)CN. The molecule has 25 heavy (non-hydrogen) atoms. The topological polar surface area (TPSA) is 125 Å². The molecule has 0 saturated carbocycles. The number of benzene rings is 1. The number of nitrogens with one attached hydrogen (secondary N) is 1. The van der Waals surface area contributed by atoms with Crippen molar-refractivity contribution in [2.75, 3.05) is 18.5 Å². The van der Waals surface area contributed by atoms with Crippen molar-refractivity contribution in [3.05, 3.63) is 28.8 Å². The summed E-state index contributed by atoms with van der Waals surface area (Å²) in [7, 11) is 0. The van der Waals surface area contributed by atoms with Gasteiger partial charge in [-0.3, -0.25) is 9.59 Å². The van der Waals surface area contributed by atoms with E-state index in [9.17, 15) is 9.59 Å². The van der Waals surface area contributed by atoms with Crippen molar-refractivity contribution in [1.29, 1.82) is 5.26 Å². The Labute approximate surface area is 148 Å². The van der Waals surface area contributed by atoms with Crippen LogP contribution in [0.25, 0.3) is 0 Å². The van der Waals surface area contributed by atoms with E-state index in [0.717, 1.165) is 17.7 Å². The number of aliphatic carboxylic acids is 1. The van der Waals surface area contributed by atoms with E-state index in [1.165, 1.54) is 11.1 Å². The van der Waals surface area contributed by atoms with Crippen LogP contribution < -0.4 is 11.1 Å². The van der Waals surface area contributed by atoms with E-state index in [4.69, 9.17) is 16.1 Å². The number of nitrogens with zero attached hydrogens (tertiary/aromatic N) is 1. The molecular formula is C18H27N3O4. The van der Waals surface area contributed by atoms with Crippen molar-refractivity contribution in [2.24, 2.45) is 5.73 Å². The van der Waals surface area contributed by atoms with Crippen LogP contribution >= 0.6 is 0 Å². The molecule has 0 saturated heterocycles. The van der Waals surface area contributed by atoms with Gasteiger partial charge in [-0.05, 0) is 38.3 Å². The van der Waals surface area contributed by atoms with Gasteiger partial charge in [-0.15, -0.1) is 0 Å². The molecule has 0 spiro atoms. The highest BCUT2D eigenvalue weighted by Gasteiger charge is 2.13. The zero-order valence-corrected chi connectivity index (χ0v) is 15.3. The van der Waals surface area contributed by atoms with E-state index in [1.54, 1.807) is 6.92 Å². The fraction of sp³-hybridized carbons (Fsp3) is 0.500. The summed E-state index contributed by atoms with van der Waals surface area (Å²) in [5.74, 6) is -1.30. The van der Waals surface area contributed by atoms with Crippen LogP contribution in [0.5, 0.6) is 0 Å². The summed E-state index contributed by atoms with van der Waals surface area (Å²) in [5.41, 5.74) is 9.34. The average Bonchev–Trinajstić information content (AvgIpc) is 2.57. The number of anilines is 1. The summed E-state index contributed by atoms with van der Waals surface area (Å²) in [4.78, 5) is 21.0. The minimum atomic E-state index is -0.831. The second-order valence-electron chi connectivity index (χ2n) is 5.51. The number of carbonyl (C=O) groups excluding carboxylic acids is 1. The second kappa shape index (κ2) is 11.9. The Morgan fingerprint density at radius 3 is 2.52 bits per heavy atom. The highest BCUT2D eigenvalue weighted by atomic mass is 16.5. The molecule has 0 aromatic heterocycles. The average molecular weight is 349 g/mol. The van der Waals surface area contributed by atoms with Gasteiger partial charge in [-0.2, -0.15) is 5.26 Å². The predicted molar refractivity (Wildman–Crippen MR) is 96.3 cm³/mol. The first kappa shape index (κ1) is 22.4. The van der Waals surface area contributed by atoms with E-state index >= 15 is 0 Å². The van der Waals surface area contributed by atoms with Crippen molar-refractivity contribution in [3.63, 3.8) is 0 Å². The van der Waals surface area contributed by atoms with Gasteiger partial charge in [0.15, 0.2) is 0 Å². The Bertz CT molecular complexity index is 623. The first-order chi connectivity index (χ1) is 11.8. The second-order valence-corrected chi connectivity index (χ2v) is 5.51. The largest absolute Gasteiger partial charge is 0.480 e. The molecule has 1 aromatic carbocycles. The van der Waals surface area contributed by atoms with E-state index < -0.39 is 18.0 Å². The first-order valence-electron chi connectivity index (χ1n) is 8.08. The van der Waals surface area contributed by atoms with Crippen LogP contribution in [0.4, 0.5) is 5.69 Å². The summed E-state index contributed by atoms with van der Waals surface area (Å²) in [5, 5.41) is 19.9. The van der Waals surface area contributed by atoms with Crippen LogP contribution in [-0.2, 0) is 20.7 Å². The van der Waals surface area contributed by atoms with Crippen LogP contribution in [0.1, 0.15) is 37.0 Å². The molecule has 1 aromatic rings. The number of hydrogen-bond acceptors (Lipinski definition) is 6. The molecule has 0 heterocycles. The van der Waals surface area contributed by atoms with Crippen molar-refractivity contribution in [2.45, 2.75) is 46.6 Å². The molecular weight excluding hydrogens is 322 g/mol. The number of carboxylic acid groups (broad SMARTS) is 1. The molecule has 138 valence electrons. The van der Waals surface area contributed by atoms with Crippen LogP contribution in [0.15, 0.2) is 12.1 Å². The summed E-state index contributed by atoms with van der Waals surface area (Å²) in [6.45, 7) is 7.81. The van der Waals surface area contributed by atoms with Gasteiger partial charge in [0.1, 0.15) is 12.6 Å². The van der Waals surface area contributed by atoms with Crippen molar-refractivity contribution in [3.8, 4) is 6.07 Å². The summed E-state index contributed by atoms with van der Waals surface area (Å²) < 4.78 is 4.45. The lowest BCUT2D eigenvalue weighted by Crippen LogP contribution is -2.26. The number of ether oxygens (including phenoxy) is 1. The molecule has 0 aliphatic heterocycles. The Morgan fingerprint density at radius 1 is 1.40 bits per heavy atom. The zero-order chi connectivity index (χ0) is 19.4. The Kier molecular flexibility index (Phi) is 10.6. The van der Waals surface area contributed by atoms with Gasteiger partial charge >= 0.3 is 11.9 Å². The number of aryl methyl sites for hydroxylation is 3. The lowest BCUT2D eigenvalue weighted by Gasteiger charge is -2.17. The lowest BCUT2D eigenvalue weighted by atomic mass is 10.0. The van der Waals surface area contributed by atoms with Gasteiger partial charge < -0.3 is 20.9 Å². The summed E-state index contributed by atoms with van der Waals surface area (Å²) in [6, 6.07) is 5.43. The highest BCUT2D eigenvalue weighted by molar-refractivity contribution is 5.78. The van der Waals surface area contributed by atoms with E-state index in [-0.39, 0.29) is 19.6 Å². The maximum absolute atomic E-state index is 10.8. The number of hydrogen-bond donors (Lipinski definition) is 3. The maximum Gasteiger partial charge on any atom is 0.325 e. The third-order valence-corrected chi connectivity index (χ3v) is 3.32. The number of rotatable bonds is 7. The number of carboxylic acids is 1. The predicted octanol–water partition coefficient (Wildman–Crippen LogP) is 2.15. The van der Waals surface area contributed by atoms with Gasteiger partial charge in [-0.1, -0.05) is 24.6 Å². The van der Waals surface area contributed by atoms with Crippen LogP contribution in [-0.4, -0.2) is 36.2 Å². The molecule has 0 aliphatic carbocycles. The summed E-state index contributed by atoms with van der Waals surface area (Å²) >= 11 is 0. The fourth-order valence-corrected chi connectivity index (χ4v) is 2.09. The minimum absolute atomic E-state index is 0.120. The summed E-state index contributed by atoms with van der Waals surface area (Å²) in [6.07, 6.45) is 1.13. The Balaban J connectivity index is 0.000000547. The van der Waals surface area contributed by atoms with Gasteiger partial charge in [-0.25, -0.2) is 0 Å². The number of esters is 1. The molecule has 7 heteroatoms. The van der Waals surface area contributed by atoms with Crippen LogP contribution in [0.2, 0.25) is 0 Å². The number of nitriles is 1. The molecule has 1 rings (SSSR count). The molecule has 0 unspecified atom stereocenters.